The van der Waals surface area contributed by atoms with Gasteiger partial charge in [-0.1, -0.05) is 18.2 Å². The van der Waals surface area contributed by atoms with Crippen LogP contribution in [0, 0.1) is 5.82 Å². The second kappa shape index (κ2) is 8.45. The standard InChI is InChI=1S/C24H21FN4O4S/c25-16-4-3-5-19(12-16)34(32,33)28-17-10-8-15(9-11-17)23(30)26-18-13-22-24(31)27-20-6-1-2-7-21(20)29(22)14-18/h1-12,18,22,28H,13-14H2,(H,26,30)(H,27,31). The average Bonchev–Trinajstić information content (AvgIpc) is 3.24. The summed E-state index contributed by atoms with van der Waals surface area (Å²) in [4.78, 5) is 27.1. The van der Waals surface area contributed by atoms with Crippen molar-refractivity contribution in [3.8, 4) is 0 Å². The lowest BCUT2D eigenvalue weighted by Gasteiger charge is -2.32. The van der Waals surface area contributed by atoms with Crippen molar-refractivity contribution in [1.29, 1.82) is 0 Å². The topological polar surface area (TPSA) is 108 Å². The molecule has 0 saturated carbocycles. The maximum Gasteiger partial charge on any atom is 0.261 e. The van der Waals surface area contributed by atoms with Crippen LogP contribution in [0.5, 0.6) is 0 Å². The Labute approximate surface area is 195 Å². The summed E-state index contributed by atoms with van der Waals surface area (Å²) in [6.45, 7) is 0.506. The van der Waals surface area contributed by atoms with E-state index < -0.39 is 15.8 Å². The van der Waals surface area contributed by atoms with Crippen molar-refractivity contribution in [3.63, 3.8) is 0 Å². The molecule has 1 saturated heterocycles. The van der Waals surface area contributed by atoms with Crippen LogP contribution >= 0.6 is 0 Å². The maximum atomic E-state index is 13.4. The van der Waals surface area contributed by atoms with Crippen LogP contribution in [0.25, 0.3) is 0 Å². The fourth-order valence-electron chi connectivity index (χ4n) is 4.31. The Morgan fingerprint density at radius 3 is 2.56 bits per heavy atom. The van der Waals surface area contributed by atoms with E-state index in [0.717, 1.165) is 23.5 Å². The molecule has 10 heteroatoms. The largest absolute Gasteiger partial charge is 0.356 e. The summed E-state index contributed by atoms with van der Waals surface area (Å²) in [7, 11) is -3.96. The number of para-hydroxylation sites is 2. The first-order chi connectivity index (χ1) is 16.3. The molecule has 5 rings (SSSR count). The monoisotopic (exact) mass is 480 g/mol. The van der Waals surface area contributed by atoms with Gasteiger partial charge in [0.15, 0.2) is 0 Å². The van der Waals surface area contributed by atoms with Gasteiger partial charge in [-0.05, 0) is 61.0 Å². The van der Waals surface area contributed by atoms with Gasteiger partial charge < -0.3 is 15.5 Å². The van der Waals surface area contributed by atoms with E-state index in [9.17, 15) is 22.4 Å². The number of fused-ring (bicyclic) bond motifs is 3. The van der Waals surface area contributed by atoms with Gasteiger partial charge in [-0.3, -0.25) is 14.3 Å². The minimum Gasteiger partial charge on any atom is -0.356 e. The highest BCUT2D eigenvalue weighted by atomic mass is 32.2. The van der Waals surface area contributed by atoms with Gasteiger partial charge >= 0.3 is 0 Å². The van der Waals surface area contributed by atoms with Gasteiger partial charge in [-0.25, -0.2) is 12.8 Å². The second-order valence-electron chi connectivity index (χ2n) is 8.22. The summed E-state index contributed by atoms with van der Waals surface area (Å²) in [5.41, 5.74) is 2.28. The number of hydrogen-bond donors (Lipinski definition) is 3. The van der Waals surface area contributed by atoms with Crippen LogP contribution in [-0.4, -0.2) is 38.9 Å². The number of anilines is 3. The lowest BCUT2D eigenvalue weighted by molar-refractivity contribution is -0.117. The number of amides is 2. The smallest absolute Gasteiger partial charge is 0.261 e. The summed E-state index contributed by atoms with van der Waals surface area (Å²) in [5.74, 6) is -1.07. The van der Waals surface area contributed by atoms with Crippen LogP contribution in [0.3, 0.4) is 0 Å². The van der Waals surface area contributed by atoms with Crippen molar-refractivity contribution < 1.29 is 22.4 Å². The highest BCUT2D eigenvalue weighted by Gasteiger charge is 2.41. The lowest BCUT2D eigenvalue weighted by Crippen LogP contribution is -2.44. The van der Waals surface area contributed by atoms with Crippen LogP contribution in [0.4, 0.5) is 21.5 Å². The Balaban J connectivity index is 1.25. The van der Waals surface area contributed by atoms with E-state index in [0.29, 0.717) is 18.5 Å². The zero-order valence-corrected chi connectivity index (χ0v) is 18.7. The third-order valence-electron chi connectivity index (χ3n) is 5.92. The quantitative estimate of drug-likeness (QED) is 0.521. The van der Waals surface area contributed by atoms with Gasteiger partial charge in [0, 0.05) is 23.8 Å². The van der Waals surface area contributed by atoms with Crippen LogP contribution < -0.4 is 20.3 Å². The first-order valence-electron chi connectivity index (χ1n) is 10.7. The molecule has 2 amide bonds. The van der Waals surface area contributed by atoms with E-state index in [4.69, 9.17) is 0 Å². The van der Waals surface area contributed by atoms with Crippen LogP contribution in [0.1, 0.15) is 16.8 Å². The van der Waals surface area contributed by atoms with E-state index in [-0.39, 0.29) is 34.5 Å². The molecule has 0 radical (unpaired) electrons. The summed E-state index contributed by atoms with van der Waals surface area (Å²) in [6.07, 6.45) is 0.484. The minimum absolute atomic E-state index is 0.0922. The molecule has 3 N–H and O–H groups in total. The van der Waals surface area contributed by atoms with E-state index in [1.54, 1.807) is 0 Å². The normalized spacial score (nSPS) is 19.1. The molecule has 3 aromatic carbocycles. The highest BCUT2D eigenvalue weighted by Crippen LogP contribution is 2.36. The van der Waals surface area contributed by atoms with Gasteiger partial charge in [-0.15, -0.1) is 0 Å². The fourth-order valence-corrected chi connectivity index (χ4v) is 5.40. The predicted octanol–water partition coefficient (Wildman–Crippen LogP) is 2.96. The third-order valence-corrected chi connectivity index (χ3v) is 7.29. The molecule has 2 unspecified atom stereocenters. The Hall–Kier alpha value is -3.92. The Morgan fingerprint density at radius 2 is 1.79 bits per heavy atom. The summed E-state index contributed by atoms with van der Waals surface area (Å²) >= 11 is 0. The van der Waals surface area contributed by atoms with Gasteiger partial charge in [0.1, 0.15) is 11.9 Å². The zero-order valence-electron chi connectivity index (χ0n) is 17.9. The molecule has 0 aromatic heterocycles. The first-order valence-corrected chi connectivity index (χ1v) is 12.1. The molecule has 2 aliphatic heterocycles. The Morgan fingerprint density at radius 1 is 1.03 bits per heavy atom. The molecule has 0 aliphatic carbocycles. The third kappa shape index (κ3) is 4.19. The molecule has 1 fully saturated rings. The number of hydrogen-bond acceptors (Lipinski definition) is 5. The molecule has 2 heterocycles. The van der Waals surface area contributed by atoms with E-state index in [2.05, 4.69) is 15.4 Å². The zero-order chi connectivity index (χ0) is 23.9. The summed E-state index contributed by atoms with van der Waals surface area (Å²) in [5, 5.41) is 5.87. The van der Waals surface area contributed by atoms with Crippen molar-refractivity contribution >= 4 is 38.9 Å². The highest BCUT2D eigenvalue weighted by molar-refractivity contribution is 7.92. The van der Waals surface area contributed by atoms with Gasteiger partial charge in [0.2, 0.25) is 5.91 Å². The Kier molecular flexibility index (Phi) is 5.45. The number of carbonyl (C=O) groups is 2. The first kappa shape index (κ1) is 21.9. The van der Waals surface area contributed by atoms with Crippen molar-refractivity contribution in [2.75, 3.05) is 21.5 Å². The number of nitrogens with zero attached hydrogens (tertiary/aromatic N) is 1. The molecule has 8 nitrogen and oxygen atoms in total. The number of sulfonamides is 1. The van der Waals surface area contributed by atoms with Gasteiger partial charge in [0.05, 0.1) is 16.3 Å². The number of carbonyl (C=O) groups excluding carboxylic acids is 2. The van der Waals surface area contributed by atoms with Crippen LogP contribution in [-0.2, 0) is 14.8 Å². The molecule has 34 heavy (non-hydrogen) atoms. The number of nitrogens with one attached hydrogen (secondary N) is 3. The van der Waals surface area contributed by atoms with E-state index >= 15 is 0 Å². The number of rotatable bonds is 5. The van der Waals surface area contributed by atoms with E-state index in [1.807, 2.05) is 29.2 Å². The molecule has 3 aromatic rings. The van der Waals surface area contributed by atoms with Crippen molar-refractivity contribution in [2.45, 2.75) is 23.4 Å². The molecule has 2 atom stereocenters. The second-order valence-corrected chi connectivity index (χ2v) is 9.90. The molecule has 174 valence electrons. The molecular formula is C24H21FN4O4S. The number of halogens is 1. The van der Waals surface area contributed by atoms with Gasteiger partial charge in [-0.2, -0.15) is 0 Å². The molecule has 2 aliphatic rings. The summed E-state index contributed by atoms with van der Waals surface area (Å²) < 4.78 is 40.6. The van der Waals surface area contributed by atoms with Crippen LogP contribution in [0.15, 0.2) is 77.7 Å². The Bertz CT molecular complexity index is 1380. The van der Waals surface area contributed by atoms with E-state index in [1.165, 1.54) is 36.4 Å². The predicted molar refractivity (Wildman–Crippen MR) is 126 cm³/mol. The van der Waals surface area contributed by atoms with Crippen molar-refractivity contribution in [3.05, 3.63) is 84.2 Å². The average molecular weight is 481 g/mol. The summed E-state index contributed by atoms with van der Waals surface area (Å²) in [6, 6.07) is 17.6. The lowest BCUT2D eigenvalue weighted by atomic mass is 10.1. The molecule has 0 bridgehead atoms. The molecule has 0 spiro atoms. The minimum atomic E-state index is -3.96. The SMILES string of the molecule is O=C(NC1CC2C(=O)Nc3ccccc3N2C1)c1ccc(NS(=O)(=O)c2cccc(F)c2)cc1. The number of benzene rings is 3. The van der Waals surface area contributed by atoms with Gasteiger partial charge in [0.25, 0.3) is 15.9 Å². The van der Waals surface area contributed by atoms with Crippen LogP contribution in [0.2, 0.25) is 0 Å². The van der Waals surface area contributed by atoms with Crippen molar-refractivity contribution in [1.82, 2.24) is 5.32 Å². The maximum absolute atomic E-state index is 13.4. The van der Waals surface area contributed by atoms with Crippen molar-refractivity contribution in [2.24, 2.45) is 0 Å². The fraction of sp³-hybridized carbons (Fsp3) is 0.167. The molecular weight excluding hydrogens is 459 g/mol.